The topological polar surface area (TPSA) is 237 Å². The molecule has 1 aromatic heterocycles. The van der Waals surface area contributed by atoms with E-state index in [1.807, 2.05) is 93.5 Å². The van der Waals surface area contributed by atoms with E-state index >= 15 is 0 Å². The largest absolute Gasteiger partial charge is 0.460 e. The number of aromatic amines is 1. The quantitative estimate of drug-likeness (QED) is 0.0137. The second-order valence-electron chi connectivity index (χ2n) is 36.4. The first-order chi connectivity index (χ1) is 56.6. The number of nitro benzene ring substituents is 1. The first-order valence-corrected chi connectivity index (χ1v) is 44.4. The molecule has 0 amide bonds. The van der Waals surface area contributed by atoms with Crippen LogP contribution in [0, 0.1) is 26.8 Å². The number of anilines is 2. The molecule has 23 nitrogen and oxygen atoms in total. The van der Waals surface area contributed by atoms with Crippen molar-refractivity contribution in [3.05, 3.63) is 177 Å². The molecule has 6 aromatic rings. The maximum atomic E-state index is 13.6. The molecule has 25 heteroatoms. The highest BCUT2D eigenvalue weighted by Crippen LogP contribution is 2.42. The smallest absolute Gasteiger partial charge is 0.341 e. The Bertz CT molecular complexity index is 4530. The van der Waals surface area contributed by atoms with E-state index in [1.54, 1.807) is 26.8 Å². The SMILES string of the molecule is C1CC(N2CCOCC2)CCN1.CCc1ccc(C(C)(C)C(=O)CC(=O)OC(C)(C)C)cc1I.CCc1ccc(C(C)(C)C(=O)CC(=O)OC(C)(C)C)cc1N1CCC(N2CCOCC2)CC1.[C-]#[N+]c1ccc(Cl)c([N+](=O)[O-])c1.[C-]#[N+]c1ccc2c(C(=O)OC(C)(C)C)c(C(C)(C)c3ccc(CC)c(N4CCC(N5CCOCC5)CC4)c3)[nH]c2c1. The first-order valence-electron chi connectivity index (χ1n) is 42.9. The van der Waals surface area contributed by atoms with Crippen LogP contribution in [0.2, 0.25) is 5.02 Å². The summed E-state index contributed by atoms with van der Waals surface area (Å²) in [5.74, 6) is -1.51. The number of halogens is 2. The highest BCUT2D eigenvalue weighted by molar-refractivity contribution is 14.1. The van der Waals surface area contributed by atoms with Crippen LogP contribution in [0.1, 0.15) is 225 Å². The number of fused-ring (bicyclic) bond motifs is 1. The Labute approximate surface area is 732 Å². The number of nitrogens with one attached hydrogen (secondary N) is 2. The van der Waals surface area contributed by atoms with E-state index in [0.29, 0.717) is 23.3 Å². The number of rotatable bonds is 20. The molecule has 0 saturated carbocycles. The Morgan fingerprint density at radius 3 is 1.29 bits per heavy atom. The minimum atomic E-state index is -0.760. The van der Waals surface area contributed by atoms with E-state index in [-0.39, 0.29) is 46.8 Å². The number of piperidine rings is 3. The lowest BCUT2D eigenvalue weighted by molar-refractivity contribution is -0.384. The lowest BCUT2D eigenvalue weighted by atomic mass is 9.78. The number of hydrogen-bond acceptors (Lipinski definition) is 19. The lowest BCUT2D eigenvalue weighted by Gasteiger charge is -2.41. The van der Waals surface area contributed by atoms with E-state index in [2.05, 4.69) is 144 Å². The number of esters is 3. The van der Waals surface area contributed by atoms with Crippen molar-refractivity contribution in [3.8, 4) is 0 Å². The second-order valence-corrected chi connectivity index (χ2v) is 38.0. The zero-order chi connectivity index (χ0) is 88.1. The lowest BCUT2D eigenvalue weighted by Crippen LogP contribution is -2.49. The molecule has 7 heterocycles. The molecule has 120 heavy (non-hydrogen) atoms. The van der Waals surface area contributed by atoms with Gasteiger partial charge in [-0.05, 0) is 247 Å². The summed E-state index contributed by atoms with van der Waals surface area (Å²) in [7, 11) is 0. The monoisotopic (exact) mass is 1780 g/mol. The Morgan fingerprint density at radius 2 is 0.892 bits per heavy atom. The number of aryl methyl sites for hydroxylation is 3. The highest BCUT2D eigenvalue weighted by Gasteiger charge is 2.39. The van der Waals surface area contributed by atoms with E-state index in [9.17, 15) is 34.1 Å². The van der Waals surface area contributed by atoms with Gasteiger partial charge < -0.3 is 48.5 Å². The number of H-pyrrole nitrogens is 1. The number of carbonyl (C=O) groups excluding carboxylic acids is 5. The molecule has 5 aromatic carbocycles. The average molecular weight is 1780 g/mol. The van der Waals surface area contributed by atoms with Crippen molar-refractivity contribution in [2.75, 3.05) is 128 Å². The summed E-state index contributed by atoms with van der Waals surface area (Å²) < 4.78 is 34.1. The molecule has 0 atom stereocenters. The van der Waals surface area contributed by atoms with Gasteiger partial charge in [0, 0.05) is 137 Å². The highest BCUT2D eigenvalue weighted by atomic mass is 127. The van der Waals surface area contributed by atoms with Gasteiger partial charge in [-0.15, -0.1) is 0 Å². The molecule has 0 unspecified atom stereocenters. The van der Waals surface area contributed by atoms with Gasteiger partial charge in [-0.1, -0.05) is 101 Å². The molecule has 0 bridgehead atoms. The van der Waals surface area contributed by atoms with Crippen LogP contribution in [0.5, 0.6) is 0 Å². The number of nitrogens with zero attached hydrogens (tertiary/aromatic N) is 8. The summed E-state index contributed by atoms with van der Waals surface area (Å²) in [4.78, 5) is 96.1. The number of benzene rings is 5. The number of hydrogen-bond donors (Lipinski definition) is 2. The van der Waals surface area contributed by atoms with Gasteiger partial charge in [-0.25, -0.2) is 14.5 Å². The summed E-state index contributed by atoms with van der Waals surface area (Å²) in [6.07, 6.45) is 9.72. The van der Waals surface area contributed by atoms with Crippen LogP contribution in [-0.4, -0.2) is 207 Å². The molecule has 6 saturated heterocycles. The van der Waals surface area contributed by atoms with Gasteiger partial charge in [0.1, 0.15) is 34.7 Å². The number of ether oxygens (including phenoxy) is 6. The third-order valence-corrected chi connectivity index (χ3v) is 24.7. The summed E-state index contributed by atoms with van der Waals surface area (Å²) >= 11 is 7.79. The Kier molecular flexibility index (Phi) is 35.7. The number of aromatic nitrogens is 1. The molecule has 12 rings (SSSR count). The van der Waals surface area contributed by atoms with Gasteiger partial charge in [-0.2, -0.15) is 0 Å². The molecule has 654 valence electrons. The Morgan fingerprint density at radius 1 is 0.508 bits per heavy atom. The zero-order valence-corrected chi connectivity index (χ0v) is 77.5. The average Bonchev–Trinajstić information content (AvgIpc) is 1.58. The third-order valence-electron chi connectivity index (χ3n) is 23.4. The molecule has 6 aliphatic rings. The molecule has 6 fully saturated rings. The summed E-state index contributed by atoms with van der Waals surface area (Å²) in [6.45, 7) is 67.1. The summed E-state index contributed by atoms with van der Waals surface area (Å²) in [5, 5.41) is 14.5. The fraction of sp³-hybridized carbons (Fsp3) is 0.589. The molecule has 0 radical (unpaired) electrons. The van der Waals surface area contributed by atoms with Crippen molar-refractivity contribution in [2.45, 2.75) is 246 Å². The number of ketones is 2. The minimum Gasteiger partial charge on any atom is -0.460 e. The van der Waals surface area contributed by atoms with Crippen LogP contribution in [-0.2, 0) is 83.1 Å². The first kappa shape index (κ1) is 97.6. The van der Waals surface area contributed by atoms with Crippen molar-refractivity contribution in [3.63, 3.8) is 0 Å². The van der Waals surface area contributed by atoms with Crippen molar-refractivity contribution >= 4 is 103 Å². The molecule has 0 spiro atoms. The van der Waals surface area contributed by atoms with Crippen molar-refractivity contribution < 1.29 is 57.3 Å². The van der Waals surface area contributed by atoms with Crippen molar-refractivity contribution in [1.29, 1.82) is 0 Å². The van der Waals surface area contributed by atoms with E-state index in [1.165, 1.54) is 66.1 Å². The predicted octanol–water partition coefficient (Wildman–Crippen LogP) is 18.3. The minimum absolute atomic E-state index is 0.0485. The third kappa shape index (κ3) is 27.6. The number of morpholine rings is 3. The van der Waals surface area contributed by atoms with Crippen LogP contribution in [0.4, 0.5) is 28.4 Å². The van der Waals surface area contributed by atoms with Crippen LogP contribution in [0.25, 0.3) is 20.6 Å². The van der Waals surface area contributed by atoms with Crippen LogP contribution in [0.3, 0.4) is 0 Å². The fourth-order valence-corrected chi connectivity index (χ4v) is 17.2. The van der Waals surface area contributed by atoms with Crippen LogP contribution < -0.4 is 15.1 Å². The predicted molar refractivity (Wildman–Crippen MR) is 487 cm³/mol. The standard InChI is InChI=1S/C34H44N4O3.C27H42N2O4.C18H25IO3.C9H18N2O.C7H3ClN2O2/c1-8-23-9-10-24(21-29(23)38-15-13-26(14-16-38)37-17-19-40-20-18-37)34(5,6)31-30(32(39)41-33(2,3)4)27-12-11-25(35-7)22-28(27)36-31;1-7-20-8-9-21(27(5,6)24(30)19-25(31)33-26(2,3)4)18-23(20)29-12-10-22(11-13-29)28-14-16-32-17-15-28;1-7-12-8-9-13(10-14(12)19)18(5,6)15(20)11-16(21)22-17(2,3)4;1-3-10-4-2-9(1)11-5-7-12-8-6-11;1-9-5-2-3-6(8)7(4-5)10(11)12/h9-12,21-22,26,36H,8,13-20H2,1-6H3;8-9,18,22H,7,10-17,19H2,1-6H3;8-10H,7,11H2,1-6H3;9-10H,1-8H2;2-4H. The van der Waals surface area contributed by atoms with E-state index in [4.69, 9.17) is 53.2 Å². The number of nitro groups is 1. The fourth-order valence-electron chi connectivity index (χ4n) is 16.2. The van der Waals surface area contributed by atoms with Crippen molar-refractivity contribution in [1.82, 2.24) is 25.0 Å². The van der Waals surface area contributed by atoms with Crippen molar-refractivity contribution in [2.24, 2.45) is 0 Å². The van der Waals surface area contributed by atoms with Gasteiger partial charge in [-0.3, -0.25) is 44.0 Å². The van der Waals surface area contributed by atoms with Crippen LogP contribution >= 0.6 is 34.2 Å². The number of Topliss-reactive ketones (excluding diaryl/α,β-unsaturated/α-hetero) is 2. The number of carbonyl (C=O) groups is 5. The van der Waals surface area contributed by atoms with Gasteiger partial charge in [0.2, 0.25) is 0 Å². The summed E-state index contributed by atoms with van der Waals surface area (Å²) in [5.41, 5.74) is 8.35. The van der Waals surface area contributed by atoms with Crippen LogP contribution in [0.15, 0.2) is 91.0 Å². The molecule has 2 N–H and O–H groups in total. The maximum absolute atomic E-state index is 13.6. The Balaban J connectivity index is 0.000000201. The maximum Gasteiger partial charge on any atom is 0.341 e. The molecule has 6 aliphatic heterocycles. The molecular formula is C95H132ClIN10O13. The second kappa shape index (κ2) is 43.9. The molecular weight excluding hydrogens is 1650 g/mol. The van der Waals surface area contributed by atoms with E-state index in [0.717, 1.165) is 199 Å². The summed E-state index contributed by atoms with van der Waals surface area (Å²) in [6, 6.07) is 30.7. The van der Waals surface area contributed by atoms with Gasteiger partial charge in [0.25, 0.3) is 5.69 Å². The van der Waals surface area contributed by atoms with Gasteiger partial charge in [0.15, 0.2) is 22.9 Å². The zero-order valence-electron chi connectivity index (χ0n) is 74.5. The normalized spacial score (nSPS) is 17.2. The van der Waals surface area contributed by atoms with E-state index < -0.39 is 49.9 Å². The molecule has 0 aliphatic carbocycles. The van der Waals surface area contributed by atoms with Gasteiger partial charge in [0.05, 0.1) is 63.3 Å². The Hall–Kier alpha value is -7.89. The van der Waals surface area contributed by atoms with Gasteiger partial charge >= 0.3 is 17.9 Å².